The molecular formula is C18H18FNO2. The number of hydrogen-bond donors (Lipinski definition) is 1. The first-order valence-corrected chi connectivity index (χ1v) is 6.99. The number of halogens is 1. The van der Waals surface area contributed by atoms with Crippen LogP contribution in [-0.4, -0.2) is 11.7 Å². The highest BCUT2D eigenvalue weighted by Crippen LogP contribution is 2.25. The molecule has 2 aromatic carbocycles. The van der Waals surface area contributed by atoms with Gasteiger partial charge in [0.05, 0.1) is 5.41 Å². The zero-order chi connectivity index (χ0) is 16.3. The first kappa shape index (κ1) is 15.9. The van der Waals surface area contributed by atoms with Gasteiger partial charge in [-0.25, -0.2) is 4.39 Å². The Balaban J connectivity index is 2.22. The Kier molecular flexibility index (Phi) is 4.40. The standard InChI is InChI=1S/C18H18FNO2/c1-12(21)13-5-4-6-16(11-13)20-17(22)18(2,3)14-7-9-15(19)10-8-14/h4-11H,1-3H3,(H,20,22). The second-order valence-electron chi connectivity index (χ2n) is 5.72. The fourth-order valence-corrected chi connectivity index (χ4v) is 2.10. The predicted molar refractivity (Wildman–Crippen MR) is 84.5 cm³/mol. The van der Waals surface area contributed by atoms with E-state index in [1.165, 1.54) is 19.1 Å². The molecule has 2 aromatic rings. The Bertz CT molecular complexity index is 705. The molecule has 0 heterocycles. The van der Waals surface area contributed by atoms with Crippen molar-refractivity contribution in [2.75, 3.05) is 5.32 Å². The highest BCUT2D eigenvalue weighted by molar-refractivity contribution is 6.00. The van der Waals surface area contributed by atoms with Crippen molar-refractivity contribution in [1.82, 2.24) is 0 Å². The van der Waals surface area contributed by atoms with Gasteiger partial charge in [0.25, 0.3) is 0 Å². The first-order valence-electron chi connectivity index (χ1n) is 6.99. The van der Waals surface area contributed by atoms with Gasteiger partial charge in [-0.3, -0.25) is 9.59 Å². The lowest BCUT2D eigenvalue weighted by Gasteiger charge is -2.24. The molecule has 1 amide bonds. The number of anilines is 1. The monoisotopic (exact) mass is 299 g/mol. The molecule has 0 fully saturated rings. The summed E-state index contributed by atoms with van der Waals surface area (Å²) >= 11 is 0. The van der Waals surface area contributed by atoms with E-state index in [1.54, 1.807) is 50.2 Å². The molecule has 0 spiro atoms. The third kappa shape index (κ3) is 3.39. The van der Waals surface area contributed by atoms with E-state index in [1.807, 2.05) is 0 Å². The Morgan fingerprint density at radius 3 is 2.27 bits per heavy atom. The number of Topliss-reactive ketones (excluding diaryl/α,β-unsaturated/α-hetero) is 1. The summed E-state index contributed by atoms with van der Waals surface area (Å²) < 4.78 is 13.0. The topological polar surface area (TPSA) is 46.2 Å². The quantitative estimate of drug-likeness (QED) is 0.869. The van der Waals surface area contributed by atoms with Crippen LogP contribution in [0.1, 0.15) is 36.7 Å². The molecule has 1 N–H and O–H groups in total. The molecule has 0 saturated carbocycles. The van der Waals surface area contributed by atoms with Crippen molar-refractivity contribution in [2.45, 2.75) is 26.2 Å². The van der Waals surface area contributed by atoms with E-state index in [9.17, 15) is 14.0 Å². The van der Waals surface area contributed by atoms with E-state index in [2.05, 4.69) is 5.32 Å². The zero-order valence-corrected chi connectivity index (χ0v) is 12.8. The molecule has 3 nitrogen and oxygen atoms in total. The number of carbonyl (C=O) groups excluding carboxylic acids is 2. The van der Waals surface area contributed by atoms with Crippen LogP contribution in [0.4, 0.5) is 10.1 Å². The molecule has 0 atom stereocenters. The molecule has 0 aliphatic heterocycles. The smallest absolute Gasteiger partial charge is 0.234 e. The Morgan fingerprint density at radius 1 is 1.05 bits per heavy atom. The van der Waals surface area contributed by atoms with Crippen molar-refractivity contribution in [1.29, 1.82) is 0 Å². The maximum Gasteiger partial charge on any atom is 0.234 e. The summed E-state index contributed by atoms with van der Waals surface area (Å²) in [6, 6.07) is 12.6. The summed E-state index contributed by atoms with van der Waals surface area (Å²) in [6.45, 7) is 5.01. The summed E-state index contributed by atoms with van der Waals surface area (Å²) in [6.07, 6.45) is 0. The minimum absolute atomic E-state index is 0.0612. The summed E-state index contributed by atoms with van der Waals surface area (Å²) in [4.78, 5) is 23.9. The Labute approximate surface area is 129 Å². The van der Waals surface area contributed by atoms with Crippen molar-refractivity contribution in [3.8, 4) is 0 Å². The van der Waals surface area contributed by atoms with Gasteiger partial charge in [-0.1, -0.05) is 24.3 Å². The number of nitrogens with one attached hydrogen (secondary N) is 1. The third-order valence-electron chi connectivity index (χ3n) is 3.66. The van der Waals surface area contributed by atoms with Gasteiger partial charge in [-0.15, -0.1) is 0 Å². The molecule has 0 bridgehead atoms. The van der Waals surface area contributed by atoms with E-state index in [0.717, 1.165) is 0 Å². The molecule has 0 aromatic heterocycles. The summed E-state index contributed by atoms with van der Waals surface area (Å²) in [7, 11) is 0. The minimum Gasteiger partial charge on any atom is -0.325 e. The number of rotatable bonds is 4. The van der Waals surface area contributed by atoms with Crippen LogP contribution in [0, 0.1) is 5.82 Å². The molecule has 0 saturated heterocycles. The molecule has 2 rings (SSSR count). The van der Waals surface area contributed by atoms with Crippen molar-refractivity contribution in [2.24, 2.45) is 0 Å². The van der Waals surface area contributed by atoms with Crippen LogP contribution in [0.15, 0.2) is 48.5 Å². The largest absolute Gasteiger partial charge is 0.325 e. The van der Waals surface area contributed by atoms with Crippen LogP contribution < -0.4 is 5.32 Å². The van der Waals surface area contributed by atoms with Crippen LogP contribution in [0.2, 0.25) is 0 Å². The zero-order valence-electron chi connectivity index (χ0n) is 12.8. The molecular weight excluding hydrogens is 281 g/mol. The van der Waals surface area contributed by atoms with Crippen molar-refractivity contribution < 1.29 is 14.0 Å². The molecule has 0 radical (unpaired) electrons. The van der Waals surface area contributed by atoms with E-state index < -0.39 is 5.41 Å². The number of carbonyl (C=O) groups is 2. The summed E-state index contributed by atoms with van der Waals surface area (Å²) in [5, 5.41) is 2.81. The average Bonchev–Trinajstić information content (AvgIpc) is 2.48. The van der Waals surface area contributed by atoms with E-state index in [4.69, 9.17) is 0 Å². The van der Waals surface area contributed by atoms with Gasteiger partial charge >= 0.3 is 0 Å². The summed E-state index contributed by atoms with van der Waals surface area (Å²) in [5.41, 5.74) is 0.999. The van der Waals surface area contributed by atoms with E-state index in [0.29, 0.717) is 16.8 Å². The second-order valence-corrected chi connectivity index (χ2v) is 5.72. The van der Waals surface area contributed by atoms with Crippen LogP contribution in [-0.2, 0) is 10.2 Å². The average molecular weight is 299 g/mol. The van der Waals surface area contributed by atoms with Crippen molar-refractivity contribution in [3.05, 3.63) is 65.5 Å². The van der Waals surface area contributed by atoms with Crippen LogP contribution >= 0.6 is 0 Å². The van der Waals surface area contributed by atoms with Gasteiger partial charge in [-0.2, -0.15) is 0 Å². The first-order chi connectivity index (χ1) is 10.3. The van der Waals surface area contributed by atoms with Gasteiger partial charge in [0.15, 0.2) is 5.78 Å². The highest BCUT2D eigenvalue weighted by atomic mass is 19.1. The lowest BCUT2D eigenvalue weighted by Crippen LogP contribution is -2.34. The molecule has 0 aliphatic carbocycles. The minimum atomic E-state index is -0.820. The fourth-order valence-electron chi connectivity index (χ4n) is 2.10. The lowest BCUT2D eigenvalue weighted by atomic mass is 9.83. The van der Waals surface area contributed by atoms with Gasteiger partial charge in [0.1, 0.15) is 5.82 Å². The molecule has 22 heavy (non-hydrogen) atoms. The van der Waals surface area contributed by atoms with Crippen molar-refractivity contribution >= 4 is 17.4 Å². The Hall–Kier alpha value is -2.49. The van der Waals surface area contributed by atoms with E-state index >= 15 is 0 Å². The van der Waals surface area contributed by atoms with Gasteiger partial charge in [0, 0.05) is 11.3 Å². The van der Waals surface area contributed by atoms with Crippen LogP contribution in [0.25, 0.3) is 0 Å². The fraction of sp³-hybridized carbons (Fsp3) is 0.222. The maximum absolute atomic E-state index is 13.0. The van der Waals surface area contributed by atoms with Gasteiger partial charge in [0.2, 0.25) is 5.91 Å². The highest BCUT2D eigenvalue weighted by Gasteiger charge is 2.29. The number of amides is 1. The van der Waals surface area contributed by atoms with E-state index in [-0.39, 0.29) is 17.5 Å². The molecule has 0 unspecified atom stereocenters. The SMILES string of the molecule is CC(=O)c1cccc(NC(=O)C(C)(C)c2ccc(F)cc2)c1. The van der Waals surface area contributed by atoms with Crippen LogP contribution in [0.3, 0.4) is 0 Å². The third-order valence-corrected chi connectivity index (χ3v) is 3.66. The molecule has 4 heteroatoms. The lowest BCUT2D eigenvalue weighted by molar-refractivity contribution is -0.120. The maximum atomic E-state index is 13.0. The predicted octanol–water partition coefficient (Wildman–Crippen LogP) is 3.94. The number of hydrogen-bond acceptors (Lipinski definition) is 2. The van der Waals surface area contributed by atoms with Gasteiger partial charge in [-0.05, 0) is 50.6 Å². The summed E-state index contributed by atoms with van der Waals surface area (Å²) in [5.74, 6) is -0.622. The second kappa shape index (κ2) is 6.10. The van der Waals surface area contributed by atoms with Crippen molar-refractivity contribution in [3.63, 3.8) is 0 Å². The van der Waals surface area contributed by atoms with Crippen LogP contribution in [0.5, 0.6) is 0 Å². The van der Waals surface area contributed by atoms with Gasteiger partial charge < -0.3 is 5.32 Å². The molecule has 0 aliphatic rings. The molecule has 114 valence electrons. The normalized spacial score (nSPS) is 11.1. The Morgan fingerprint density at radius 2 is 1.68 bits per heavy atom. The number of ketones is 1. The number of benzene rings is 2.